The topological polar surface area (TPSA) is 12.0 Å². The fraction of sp³-hybridized carbons (Fsp3) is 0.273. The monoisotopic (exact) mass is 227 g/mol. The quantitative estimate of drug-likeness (QED) is 0.612. The van der Waals surface area contributed by atoms with E-state index in [4.69, 9.17) is 23.2 Å². The number of hydrogen-bond acceptors (Lipinski definition) is 1. The molecule has 3 heteroatoms. The van der Waals surface area contributed by atoms with E-state index in [9.17, 15) is 0 Å². The molecule has 1 aromatic carbocycles. The lowest BCUT2D eigenvalue weighted by Crippen LogP contribution is -2.00. The first-order chi connectivity index (χ1) is 6.74. The van der Waals surface area contributed by atoms with Crippen molar-refractivity contribution in [1.29, 1.82) is 0 Å². The molecule has 0 heterocycles. The number of benzene rings is 1. The molecule has 0 bridgehead atoms. The van der Waals surface area contributed by atoms with Crippen LogP contribution < -0.4 is 5.32 Å². The van der Waals surface area contributed by atoms with E-state index < -0.39 is 0 Å². The van der Waals surface area contributed by atoms with Crippen LogP contribution in [0.1, 0.15) is 13.3 Å². The lowest BCUT2D eigenvalue weighted by molar-refractivity contribution is 1.10. The second kappa shape index (κ2) is 5.80. The third-order valence-electron chi connectivity index (χ3n) is 1.67. The molecule has 0 saturated heterocycles. The van der Waals surface area contributed by atoms with E-state index in [1.54, 1.807) is 12.1 Å². The number of hydrogen-bond donors (Lipinski definition) is 1. The van der Waals surface area contributed by atoms with Crippen molar-refractivity contribution in [3.8, 4) is 11.8 Å². The highest BCUT2D eigenvalue weighted by molar-refractivity contribution is 6.35. The van der Waals surface area contributed by atoms with Crippen LogP contribution in [-0.2, 0) is 0 Å². The lowest BCUT2D eigenvalue weighted by Gasteiger charge is -2.06. The Bertz CT molecular complexity index is 363. The lowest BCUT2D eigenvalue weighted by atomic mass is 10.3. The summed E-state index contributed by atoms with van der Waals surface area (Å²) < 4.78 is 0. The minimum absolute atomic E-state index is 0.679. The van der Waals surface area contributed by atoms with Crippen molar-refractivity contribution < 1.29 is 0 Å². The van der Waals surface area contributed by atoms with Gasteiger partial charge in [-0.2, -0.15) is 0 Å². The molecule has 0 fully saturated rings. The first-order valence-electron chi connectivity index (χ1n) is 4.32. The molecule has 0 aliphatic heterocycles. The number of anilines is 1. The molecule has 14 heavy (non-hydrogen) atoms. The summed E-state index contributed by atoms with van der Waals surface area (Å²) in [5.74, 6) is 5.79. The molecule has 74 valence electrons. The van der Waals surface area contributed by atoms with Crippen molar-refractivity contribution in [3.63, 3.8) is 0 Å². The van der Waals surface area contributed by atoms with Gasteiger partial charge in [0.1, 0.15) is 0 Å². The molecule has 0 unspecified atom stereocenters. The first-order valence-corrected chi connectivity index (χ1v) is 5.08. The summed E-state index contributed by atoms with van der Waals surface area (Å²) in [5, 5.41) is 4.53. The van der Waals surface area contributed by atoms with E-state index in [0.717, 1.165) is 18.7 Å². The number of nitrogens with one attached hydrogen (secondary N) is 1. The van der Waals surface area contributed by atoms with Gasteiger partial charge in [0.25, 0.3) is 0 Å². The summed E-state index contributed by atoms with van der Waals surface area (Å²) in [6.45, 7) is 2.60. The van der Waals surface area contributed by atoms with Crippen LogP contribution in [0, 0.1) is 11.8 Å². The van der Waals surface area contributed by atoms with Crippen LogP contribution in [0.25, 0.3) is 0 Å². The van der Waals surface area contributed by atoms with E-state index in [-0.39, 0.29) is 0 Å². The zero-order valence-corrected chi connectivity index (χ0v) is 9.41. The third-order valence-corrected chi connectivity index (χ3v) is 2.24. The van der Waals surface area contributed by atoms with E-state index in [1.807, 2.05) is 13.0 Å². The second-order valence-electron chi connectivity index (χ2n) is 2.73. The SMILES string of the molecule is CC#CCCNc1cc(Cl)ccc1Cl. The number of halogens is 2. The Morgan fingerprint density at radius 3 is 2.86 bits per heavy atom. The molecule has 0 spiro atoms. The van der Waals surface area contributed by atoms with Gasteiger partial charge in [-0.1, -0.05) is 23.2 Å². The van der Waals surface area contributed by atoms with Gasteiger partial charge in [-0.25, -0.2) is 0 Å². The smallest absolute Gasteiger partial charge is 0.0638 e. The molecule has 0 aliphatic carbocycles. The molecular weight excluding hydrogens is 217 g/mol. The summed E-state index contributed by atoms with van der Waals surface area (Å²) in [4.78, 5) is 0. The van der Waals surface area contributed by atoms with Gasteiger partial charge in [-0.15, -0.1) is 11.8 Å². The first kappa shape index (κ1) is 11.2. The highest BCUT2D eigenvalue weighted by Gasteiger charge is 1.99. The average molecular weight is 228 g/mol. The van der Waals surface area contributed by atoms with E-state index in [2.05, 4.69) is 17.2 Å². The minimum atomic E-state index is 0.679. The van der Waals surface area contributed by atoms with Crippen molar-refractivity contribution in [3.05, 3.63) is 28.2 Å². The summed E-state index contributed by atoms with van der Waals surface area (Å²) in [6, 6.07) is 5.35. The Morgan fingerprint density at radius 1 is 1.36 bits per heavy atom. The van der Waals surface area contributed by atoms with Crippen LogP contribution >= 0.6 is 23.2 Å². The van der Waals surface area contributed by atoms with E-state index in [1.165, 1.54) is 0 Å². The molecular formula is C11H11Cl2N. The molecule has 0 amide bonds. The van der Waals surface area contributed by atoms with Crippen molar-refractivity contribution in [2.24, 2.45) is 0 Å². The average Bonchev–Trinajstić information content (AvgIpc) is 2.18. The highest BCUT2D eigenvalue weighted by atomic mass is 35.5. The van der Waals surface area contributed by atoms with Gasteiger partial charge in [0.2, 0.25) is 0 Å². The molecule has 0 saturated carbocycles. The Morgan fingerprint density at radius 2 is 2.14 bits per heavy atom. The normalized spacial score (nSPS) is 9.07. The summed E-state index contributed by atoms with van der Waals surface area (Å²) in [6.07, 6.45) is 0.805. The Labute approximate surface area is 94.4 Å². The van der Waals surface area contributed by atoms with Gasteiger partial charge < -0.3 is 5.32 Å². The fourth-order valence-electron chi connectivity index (χ4n) is 1.02. The standard InChI is InChI=1S/C11H11Cl2N/c1-2-3-4-7-14-11-8-9(12)5-6-10(11)13/h5-6,8,14H,4,7H2,1H3. The molecule has 1 rings (SSSR count). The van der Waals surface area contributed by atoms with Gasteiger partial charge in [-0.05, 0) is 25.1 Å². The van der Waals surface area contributed by atoms with E-state index in [0.29, 0.717) is 10.0 Å². The summed E-state index contributed by atoms with van der Waals surface area (Å²) in [5.41, 5.74) is 0.858. The third kappa shape index (κ3) is 3.49. The fourth-order valence-corrected chi connectivity index (χ4v) is 1.37. The zero-order chi connectivity index (χ0) is 10.4. The largest absolute Gasteiger partial charge is 0.383 e. The van der Waals surface area contributed by atoms with Crippen molar-refractivity contribution in [1.82, 2.24) is 0 Å². The van der Waals surface area contributed by atoms with Gasteiger partial charge in [0.15, 0.2) is 0 Å². The maximum Gasteiger partial charge on any atom is 0.0638 e. The van der Waals surface area contributed by atoms with Crippen LogP contribution in [0.2, 0.25) is 10.0 Å². The van der Waals surface area contributed by atoms with Crippen molar-refractivity contribution >= 4 is 28.9 Å². The Balaban J connectivity index is 2.56. The van der Waals surface area contributed by atoms with Crippen LogP contribution in [0.5, 0.6) is 0 Å². The van der Waals surface area contributed by atoms with Crippen LogP contribution in [-0.4, -0.2) is 6.54 Å². The predicted octanol–water partition coefficient (Wildman–Crippen LogP) is 3.82. The second-order valence-corrected chi connectivity index (χ2v) is 3.57. The molecule has 0 aliphatic rings. The number of rotatable bonds is 3. The van der Waals surface area contributed by atoms with Crippen molar-refractivity contribution in [2.45, 2.75) is 13.3 Å². The summed E-state index contributed by atoms with van der Waals surface area (Å²) in [7, 11) is 0. The van der Waals surface area contributed by atoms with E-state index >= 15 is 0 Å². The molecule has 1 nitrogen and oxygen atoms in total. The minimum Gasteiger partial charge on any atom is -0.383 e. The van der Waals surface area contributed by atoms with Gasteiger partial charge >= 0.3 is 0 Å². The van der Waals surface area contributed by atoms with Gasteiger partial charge in [-0.3, -0.25) is 0 Å². The van der Waals surface area contributed by atoms with Crippen LogP contribution in [0.4, 0.5) is 5.69 Å². The summed E-state index contributed by atoms with van der Waals surface area (Å²) >= 11 is 11.8. The Kier molecular flexibility index (Phi) is 4.65. The molecule has 1 N–H and O–H groups in total. The maximum absolute atomic E-state index is 5.95. The van der Waals surface area contributed by atoms with Gasteiger partial charge in [0, 0.05) is 18.0 Å². The molecule has 1 aromatic rings. The molecule has 0 radical (unpaired) electrons. The van der Waals surface area contributed by atoms with Crippen LogP contribution in [0.3, 0.4) is 0 Å². The zero-order valence-electron chi connectivity index (χ0n) is 7.90. The maximum atomic E-state index is 5.95. The molecule has 0 atom stereocenters. The van der Waals surface area contributed by atoms with Crippen molar-refractivity contribution in [2.75, 3.05) is 11.9 Å². The molecule has 0 aromatic heterocycles. The van der Waals surface area contributed by atoms with Crippen LogP contribution in [0.15, 0.2) is 18.2 Å². The predicted molar refractivity (Wildman–Crippen MR) is 63.0 cm³/mol. The highest BCUT2D eigenvalue weighted by Crippen LogP contribution is 2.25. The Hall–Kier alpha value is -0.840. The van der Waals surface area contributed by atoms with Gasteiger partial charge in [0.05, 0.1) is 10.7 Å².